The number of anilines is 1. The van der Waals surface area contributed by atoms with Crippen LogP contribution in [-0.4, -0.2) is 21.2 Å². The van der Waals surface area contributed by atoms with Gasteiger partial charge in [0.05, 0.1) is 17.0 Å². The fraction of sp³-hybridized carbons (Fsp3) is 0.136. The summed E-state index contributed by atoms with van der Waals surface area (Å²) in [5.41, 5.74) is 4.19. The highest BCUT2D eigenvalue weighted by molar-refractivity contribution is 7.99. The van der Waals surface area contributed by atoms with E-state index < -0.39 is 0 Å². The Bertz CT molecular complexity index is 1250. The molecule has 0 unspecified atom stereocenters. The molecule has 1 amide bonds. The summed E-state index contributed by atoms with van der Waals surface area (Å²) in [6, 6.07) is 17.1. The highest BCUT2D eigenvalue weighted by Gasteiger charge is 2.17. The molecule has 0 fully saturated rings. The standard InChI is InChI=1S/C22H19N3O2S2/c1-14-8-9-18(15(2)12-14)25-21(27)20-17(10-11-28-20)24-22(25)29-13-19(26)23-16-6-4-3-5-7-16/h3-12H,13H2,1-2H3,(H,23,26). The maximum atomic E-state index is 13.2. The molecule has 2 heterocycles. The predicted octanol–water partition coefficient (Wildman–Crippen LogP) is 4.79. The number of benzene rings is 2. The molecule has 29 heavy (non-hydrogen) atoms. The fourth-order valence-corrected chi connectivity index (χ4v) is 4.67. The minimum absolute atomic E-state index is 0.108. The first kappa shape index (κ1) is 19.4. The molecule has 4 aromatic rings. The van der Waals surface area contributed by atoms with Crippen molar-refractivity contribution in [3.8, 4) is 5.69 Å². The van der Waals surface area contributed by atoms with Crippen LogP contribution in [0.25, 0.3) is 15.9 Å². The van der Waals surface area contributed by atoms with Crippen LogP contribution in [0.4, 0.5) is 5.69 Å². The van der Waals surface area contributed by atoms with Crippen LogP contribution < -0.4 is 10.9 Å². The van der Waals surface area contributed by atoms with Gasteiger partial charge in [-0.2, -0.15) is 0 Å². The van der Waals surface area contributed by atoms with E-state index in [1.807, 2.05) is 73.8 Å². The largest absolute Gasteiger partial charge is 0.325 e. The zero-order chi connectivity index (χ0) is 20.4. The molecule has 0 saturated carbocycles. The van der Waals surface area contributed by atoms with Crippen molar-refractivity contribution < 1.29 is 4.79 Å². The monoisotopic (exact) mass is 421 g/mol. The average Bonchev–Trinajstić information content (AvgIpc) is 3.17. The molecule has 5 nitrogen and oxygen atoms in total. The minimum Gasteiger partial charge on any atom is -0.325 e. The first-order chi connectivity index (χ1) is 14.0. The summed E-state index contributed by atoms with van der Waals surface area (Å²) in [7, 11) is 0. The van der Waals surface area contributed by atoms with Gasteiger partial charge in [-0.3, -0.25) is 14.2 Å². The summed E-state index contributed by atoms with van der Waals surface area (Å²) < 4.78 is 2.23. The van der Waals surface area contributed by atoms with Crippen molar-refractivity contribution in [3.63, 3.8) is 0 Å². The summed E-state index contributed by atoms with van der Waals surface area (Å²) in [6.45, 7) is 3.99. The normalized spacial score (nSPS) is 11.0. The first-order valence-electron chi connectivity index (χ1n) is 9.08. The number of thioether (sulfide) groups is 1. The highest BCUT2D eigenvalue weighted by atomic mass is 32.2. The molecule has 2 aromatic carbocycles. The van der Waals surface area contributed by atoms with Gasteiger partial charge in [-0.05, 0) is 49.1 Å². The third-order valence-corrected chi connectivity index (χ3v) is 6.26. The van der Waals surface area contributed by atoms with E-state index in [1.165, 1.54) is 23.1 Å². The first-order valence-corrected chi connectivity index (χ1v) is 10.9. The molecule has 0 bridgehead atoms. The summed E-state index contributed by atoms with van der Waals surface area (Å²) in [6.07, 6.45) is 0. The fourth-order valence-electron chi connectivity index (χ4n) is 3.11. The lowest BCUT2D eigenvalue weighted by Crippen LogP contribution is -2.23. The van der Waals surface area contributed by atoms with E-state index in [0.717, 1.165) is 22.5 Å². The quantitative estimate of drug-likeness (QED) is 0.372. The number of thiophene rings is 1. The number of fused-ring (bicyclic) bond motifs is 1. The van der Waals surface area contributed by atoms with Crippen LogP contribution in [0.5, 0.6) is 0 Å². The third-order valence-electron chi connectivity index (χ3n) is 4.43. The summed E-state index contributed by atoms with van der Waals surface area (Å²) in [5.74, 6) is 0.00932. The van der Waals surface area contributed by atoms with Crippen LogP contribution in [0.1, 0.15) is 11.1 Å². The molecule has 1 N–H and O–H groups in total. The van der Waals surface area contributed by atoms with Crippen LogP contribution in [0, 0.1) is 13.8 Å². The van der Waals surface area contributed by atoms with Gasteiger partial charge in [-0.1, -0.05) is 47.7 Å². The number of para-hydroxylation sites is 1. The molecule has 0 radical (unpaired) electrons. The Labute approximate surface area is 176 Å². The zero-order valence-corrected chi connectivity index (χ0v) is 17.6. The SMILES string of the molecule is Cc1ccc(-n2c(SCC(=O)Nc3ccccc3)nc3ccsc3c2=O)c(C)c1. The van der Waals surface area contributed by atoms with Crippen LogP contribution in [0.2, 0.25) is 0 Å². The molecular formula is C22H19N3O2S2. The minimum atomic E-state index is -0.145. The molecule has 4 rings (SSSR count). The van der Waals surface area contributed by atoms with Gasteiger partial charge in [-0.25, -0.2) is 4.98 Å². The summed E-state index contributed by atoms with van der Waals surface area (Å²) in [5, 5.41) is 5.24. The maximum absolute atomic E-state index is 13.2. The number of carbonyl (C=O) groups excluding carboxylic acids is 1. The number of hydrogen-bond acceptors (Lipinski definition) is 5. The van der Waals surface area contributed by atoms with E-state index in [9.17, 15) is 9.59 Å². The van der Waals surface area contributed by atoms with Crippen molar-refractivity contribution >= 4 is 44.9 Å². The van der Waals surface area contributed by atoms with Crippen LogP contribution >= 0.6 is 23.1 Å². The number of nitrogens with zero attached hydrogens (tertiary/aromatic N) is 2. The van der Waals surface area contributed by atoms with Crippen molar-refractivity contribution in [2.75, 3.05) is 11.1 Å². The van der Waals surface area contributed by atoms with Gasteiger partial charge < -0.3 is 5.32 Å². The van der Waals surface area contributed by atoms with Gasteiger partial charge in [0, 0.05) is 5.69 Å². The highest BCUT2D eigenvalue weighted by Crippen LogP contribution is 2.25. The van der Waals surface area contributed by atoms with E-state index in [1.54, 1.807) is 4.57 Å². The van der Waals surface area contributed by atoms with E-state index in [2.05, 4.69) is 10.3 Å². The Kier molecular flexibility index (Phi) is 5.51. The second kappa shape index (κ2) is 8.23. The summed E-state index contributed by atoms with van der Waals surface area (Å²) >= 11 is 2.64. The number of carbonyl (C=O) groups is 1. The van der Waals surface area contributed by atoms with Crippen LogP contribution in [0.3, 0.4) is 0 Å². The molecule has 0 aliphatic rings. The summed E-state index contributed by atoms with van der Waals surface area (Å²) in [4.78, 5) is 30.3. The Morgan fingerprint density at radius 1 is 1.14 bits per heavy atom. The zero-order valence-electron chi connectivity index (χ0n) is 16.0. The van der Waals surface area contributed by atoms with E-state index in [4.69, 9.17) is 0 Å². The van der Waals surface area contributed by atoms with Crippen molar-refractivity contribution in [2.24, 2.45) is 0 Å². The molecular weight excluding hydrogens is 402 g/mol. The molecule has 0 atom stereocenters. The molecule has 0 spiro atoms. The molecule has 0 aliphatic carbocycles. The Morgan fingerprint density at radius 3 is 2.69 bits per heavy atom. The lowest BCUT2D eigenvalue weighted by Gasteiger charge is -2.14. The number of rotatable bonds is 5. The van der Waals surface area contributed by atoms with Crippen molar-refractivity contribution in [3.05, 3.63) is 81.5 Å². The number of amides is 1. The average molecular weight is 422 g/mol. The number of aryl methyl sites for hydroxylation is 2. The van der Waals surface area contributed by atoms with Gasteiger partial charge in [-0.15, -0.1) is 11.3 Å². The topological polar surface area (TPSA) is 64.0 Å². The Morgan fingerprint density at radius 2 is 1.93 bits per heavy atom. The lowest BCUT2D eigenvalue weighted by molar-refractivity contribution is -0.113. The van der Waals surface area contributed by atoms with Gasteiger partial charge in [0.1, 0.15) is 4.70 Å². The molecule has 0 saturated heterocycles. The van der Waals surface area contributed by atoms with Gasteiger partial charge in [0.25, 0.3) is 5.56 Å². The smallest absolute Gasteiger partial charge is 0.276 e. The van der Waals surface area contributed by atoms with E-state index in [-0.39, 0.29) is 17.2 Å². The number of aromatic nitrogens is 2. The van der Waals surface area contributed by atoms with Crippen molar-refractivity contribution in [1.29, 1.82) is 0 Å². The van der Waals surface area contributed by atoms with Gasteiger partial charge >= 0.3 is 0 Å². The molecule has 7 heteroatoms. The second-order valence-corrected chi connectivity index (χ2v) is 8.52. The number of hydrogen-bond donors (Lipinski definition) is 1. The lowest BCUT2D eigenvalue weighted by atomic mass is 10.1. The van der Waals surface area contributed by atoms with E-state index in [0.29, 0.717) is 15.4 Å². The molecule has 146 valence electrons. The molecule has 2 aromatic heterocycles. The second-order valence-electron chi connectivity index (χ2n) is 6.66. The Balaban J connectivity index is 1.69. The van der Waals surface area contributed by atoms with Crippen LogP contribution in [0.15, 0.2) is 69.9 Å². The van der Waals surface area contributed by atoms with Gasteiger partial charge in [0.15, 0.2) is 5.16 Å². The maximum Gasteiger partial charge on any atom is 0.276 e. The van der Waals surface area contributed by atoms with Crippen LogP contribution in [-0.2, 0) is 4.79 Å². The third kappa shape index (κ3) is 4.11. The number of nitrogens with one attached hydrogen (secondary N) is 1. The van der Waals surface area contributed by atoms with Gasteiger partial charge in [0.2, 0.25) is 5.91 Å². The molecule has 0 aliphatic heterocycles. The van der Waals surface area contributed by atoms with Crippen molar-refractivity contribution in [1.82, 2.24) is 9.55 Å². The Hall–Kier alpha value is -2.90. The van der Waals surface area contributed by atoms with E-state index >= 15 is 0 Å². The predicted molar refractivity (Wildman–Crippen MR) is 120 cm³/mol. The van der Waals surface area contributed by atoms with Crippen molar-refractivity contribution in [2.45, 2.75) is 19.0 Å².